The molecule has 5 nitrogen and oxygen atoms in total. The Morgan fingerprint density at radius 3 is 3.11 bits per heavy atom. The van der Waals surface area contributed by atoms with Crippen molar-refractivity contribution in [2.24, 2.45) is 10.7 Å². The van der Waals surface area contributed by atoms with E-state index in [-0.39, 0.29) is 0 Å². The number of guanidine groups is 1. The molecule has 0 radical (unpaired) electrons. The summed E-state index contributed by atoms with van der Waals surface area (Å²) in [5.41, 5.74) is 8.03. The first-order chi connectivity index (χ1) is 9.31. The summed E-state index contributed by atoms with van der Waals surface area (Å²) in [6, 6.07) is 8.75. The molecule has 1 aromatic heterocycles. The molecule has 1 heterocycles. The summed E-state index contributed by atoms with van der Waals surface area (Å²) in [7, 11) is 0. The van der Waals surface area contributed by atoms with Crippen molar-refractivity contribution in [2.45, 2.75) is 25.4 Å². The van der Waals surface area contributed by atoms with Crippen LogP contribution in [0.3, 0.4) is 0 Å². The summed E-state index contributed by atoms with van der Waals surface area (Å²) in [5.74, 6) is 0.538. The predicted molar refractivity (Wildman–Crippen MR) is 75.0 cm³/mol. The lowest BCUT2D eigenvalue weighted by Gasteiger charge is -2.05. The third-order valence-electron chi connectivity index (χ3n) is 3.07. The molecule has 3 N–H and O–H groups in total. The SMILES string of the molecule is NC(=NCc1cccc(-n2ccnc2)c1)NC1CC1. The number of nitrogens with one attached hydrogen (secondary N) is 1. The van der Waals surface area contributed by atoms with Crippen LogP contribution in [0.5, 0.6) is 0 Å². The van der Waals surface area contributed by atoms with Gasteiger partial charge in [0.1, 0.15) is 0 Å². The van der Waals surface area contributed by atoms with Gasteiger partial charge in [-0.25, -0.2) is 9.98 Å². The van der Waals surface area contributed by atoms with Gasteiger partial charge in [0, 0.05) is 24.1 Å². The molecule has 0 bridgehead atoms. The second-order valence-electron chi connectivity index (χ2n) is 4.76. The first kappa shape index (κ1) is 11.8. The maximum Gasteiger partial charge on any atom is 0.189 e. The number of rotatable bonds is 4. The number of aromatic nitrogens is 2. The Morgan fingerprint density at radius 2 is 2.37 bits per heavy atom. The third-order valence-corrected chi connectivity index (χ3v) is 3.07. The molecule has 1 fully saturated rings. The maximum absolute atomic E-state index is 5.82. The van der Waals surface area contributed by atoms with Crippen LogP contribution >= 0.6 is 0 Å². The molecule has 5 heteroatoms. The van der Waals surface area contributed by atoms with Crippen LogP contribution in [0.15, 0.2) is 48.0 Å². The normalized spacial score (nSPS) is 15.5. The zero-order valence-corrected chi connectivity index (χ0v) is 10.7. The van der Waals surface area contributed by atoms with Crippen LogP contribution < -0.4 is 11.1 Å². The predicted octanol–water partition coefficient (Wildman–Crippen LogP) is 1.44. The minimum atomic E-state index is 0.538. The van der Waals surface area contributed by atoms with Gasteiger partial charge in [-0.3, -0.25) is 0 Å². The van der Waals surface area contributed by atoms with Crippen molar-refractivity contribution < 1.29 is 0 Å². The Hall–Kier alpha value is -2.30. The third kappa shape index (κ3) is 3.13. The van der Waals surface area contributed by atoms with Crippen molar-refractivity contribution in [3.8, 4) is 5.69 Å². The van der Waals surface area contributed by atoms with Crippen LogP contribution in [-0.4, -0.2) is 21.6 Å². The molecule has 19 heavy (non-hydrogen) atoms. The van der Waals surface area contributed by atoms with Gasteiger partial charge in [0.15, 0.2) is 5.96 Å². The van der Waals surface area contributed by atoms with E-state index in [1.807, 2.05) is 29.0 Å². The van der Waals surface area contributed by atoms with Gasteiger partial charge in [0.25, 0.3) is 0 Å². The van der Waals surface area contributed by atoms with Crippen LogP contribution in [0, 0.1) is 0 Å². The standard InChI is InChI=1S/C14H17N5/c15-14(18-12-4-5-12)17-9-11-2-1-3-13(8-11)19-7-6-16-10-19/h1-3,6-8,10,12H,4-5,9H2,(H3,15,17,18). The molecular formula is C14H17N5. The largest absolute Gasteiger partial charge is 0.370 e. The smallest absolute Gasteiger partial charge is 0.189 e. The van der Waals surface area contributed by atoms with Gasteiger partial charge >= 0.3 is 0 Å². The van der Waals surface area contributed by atoms with Crippen molar-refractivity contribution in [1.82, 2.24) is 14.9 Å². The fraction of sp³-hybridized carbons (Fsp3) is 0.286. The average molecular weight is 255 g/mol. The number of imidazole rings is 1. The number of nitrogens with zero attached hydrogens (tertiary/aromatic N) is 3. The van der Waals surface area contributed by atoms with E-state index < -0.39 is 0 Å². The zero-order chi connectivity index (χ0) is 13.1. The van der Waals surface area contributed by atoms with E-state index in [0.717, 1.165) is 11.3 Å². The number of aliphatic imine (C=N–C) groups is 1. The highest BCUT2D eigenvalue weighted by Crippen LogP contribution is 2.18. The quantitative estimate of drug-likeness (QED) is 0.641. The van der Waals surface area contributed by atoms with Crippen LogP contribution in [0.1, 0.15) is 18.4 Å². The Kier molecular flexibility index (Phi) is 3.18. The summed E-state index contributed by atoms with van der Waals surface area (Å²) in [6.07, 6.45) is 7.87. The van der Waals surface area contributed by atoms with Gasteiger partial charge in [0.05, 0.1) is 12.9 Å². The van der Waals surface area contributed by atoms with Crippen LogP contribution in [0.2, 0.25) is 0 Å². The first-order valence-corrected chi connectivity index (χ1v) is 6.45. The van der Waals surface area contributed by atoms with Gasteiger partial charge in [0.2, 0.25) is 0 Å². The van der Waals surface area contributed by atoms with Crippen molar-refractivity contribution in [3.63, 3.8) is 0 Å². The van der Waals surface area contributed by atoms with Gasteiger partial charge < -0.3 is 15.6 Å². The highest BCUT2D eigenvalue weighted by molar-refractivity contribution is 5.78. The number of benzene rings is 1. The molecule has 0 spiro atoms. The molecule has 1 aromatic carbocycles. The maximum atomic E-state index is 5.82. The lowest BCUT2D eigenvalue weighted by Crippen LogP contribution is -2.33. The number of hydrogen-bond acceptors (Lipinski definition) is 2. The second-order valence-corrected chi connectivity index (χ2v) is 4.76. The summed E-state index contributed by atoms with van der Waals surface area (Å²) < 4.78 is 1.97. The van der Waals surface area contributed by atoms with Crippen molar-refractivity contribution in [2.75, 3.05) is 0 Å². The van der Waals surface area contributed by atoms with Crippen molar-refractivity contribution in [3.05, 3.63) is 48.5 Å². The summed E-state index contributed by atoms with van der Waals surface area (Å²) in [5, 5.41) is 3.18. The molecular weight excluding hydrogens is 238 g/mol. The molecule has 0 saturated heterocycles. The minimum absolute atomic E-state index is 0.538. The zero-order valence-electron chi connectivity index (χ0n) is 10.7. The molecule has 0 amide bonds. The Balaban J connectivity index is 1.69. The Bertz CT molecular complexity index is 569. The highest BCUT2D eigenvalue weighted by atomic mass is 15.1. The minimum Gasteiger partial charge on any atom is -0.370 e. The fourth-order valence-electron chi connectivity index (χ4n) is 1.89. The van der Waals surface area contributed by atoms with E-state index >= 15 is 0 Å². The number of hydrogen-bond donors (Lipinski definition) is 2. The molecule has 1 aliphatic carbocycles. The molecule has 0 atom stereocenters. The highest BCUT2D eigenvalue weighted by Gasteiger charge is 2.21. The monoisotopic (exact) mass is 255 g/mol. The van der Waals surface area contributed by atoms with E-state index in [9.17, 15) is 0 Å². The fourth-order valence-corrected chi connectivity index (χ4v) is 1.89. The van der Waals surface area contributed by atoms with Crippen molar-refractivity contribution in [1.29, 1.82) is 0 Å². The summed E-state index contributed by atoms with van der Waals surface area (Å²) in [6.45, 7) is 0.591. The van der Waals surface area contributed by atoms with Gasteiger partial charge in [-0.2, -0.15) is 0 Å². The Morgan fingerprint density at radius 1 is 1.47 bits per heavy atom. The first-order valence-electron chi connectivity index (χ1n) is 6.45. The van der Waals surface area contributed by atoms with E-state index in [2.05, 4.69) is 21.4 Å². The lowest BCUT2D eigenvalue weighted by molar-refractivity contribution is 0.878. The van der Waals surface area contributed by atoms with Crippen LogP contribution in [0.4, 0.5) is 0 Å². The average Bonchev–Trinajstić information content (AvgIpc) is 3.07. The molecule has 98 valence electrons. The number of nitrogens with two attached hydrogens (primary N) is 1. The topological polar surface area (TPSA) is 68.2 Å². The van der Waals surface area contributed by atoms with Gasteiger partial charge in [-0.05, 0) is 30.5 Å². The molecule has 1 aliphatic rings. The lowest BCUT2D eigenvalue weighted by atomic mass is 10.2. The Labute approximate surface area is 112 Å². The van der Waals surface area contributed by atoms with Crippen molar-refractivity contribution >= 4 is 5.96 Å². The van der Waals surface area contributed by atoms with Gasteiger partial charge in [-0.1, -0.05) is 12.1 Å². The summed E-state index contributed by atoms with van der Waals surface area (Å²) in [4.78, 5) is 8.40. The molecule has 3 rings (SSSR count). The summed E-state index contributed by atoms with van der Waals surface area (Å²) >= 11 is 0. The van der Waals surface area contributed by atoms with Gasteiger partial charge in [-0.15, -0.1) is 0 Å². The van der Waals surface area contributed by atoms with E-state index in [1.165, 1.54) is 12.8 Å². The molecule has 1 saturated carbocycles. The van der Waals surface area contributed by atoms with E-state index in [0.29, 0.717) is 18.5 Å². The molecule has 0 unspecified atom stereocenters. The molecule has 0 aliphatic heterocycles. The van der Waals surface area contributed by atoms with E-state index in [4.69, 9.17) is 5.73 Å². The molecule has 2 aromatic rings. The van der Waals surface area contributed by atoms with Crippen LogP contribution in [-0.2, 0) is 6.54 Å². The van der Waals surface area contributed by atoms with E-state index in [1.54, 1.807) is 12.5 Å². The van der Waals surface area contributed by atoms with Crippen LogP contribution in [0.25, 0.3) is 5.69 Å². The second kappa shape index (κ2) is 5.14.